The van der Waals surface area contributed by atoms with E-state index in [1.54, 1.807) is 0 Å². The van der Waals surface area contributed by atoms with Crippen LogP contribution in [0.4, 0.5) is 0 Å². The van der Waals surface area contributed by atoms with E-state index in [1.165, 1.54) is 0 Å². The van der Waals surface area contributed by atoms with Crippen LogP contribution in [0.5, 0.6) is 0 Å². The van der Waals surface area contributed by atoms with Gasteiger partial charge in [0.05, 0.1) is 13.2 Å². The number of amides is 1. The van der Waals surface area contributed by atoms with Gasteiger partial charge in [0.15, 0.2) is 0 Å². The van der Waals surface area contributed by atoms with Gasteiger partial charge >= 0.3 is 0 Å². The molecule has 1 atom stereocenters. The van der Waals surface area contributed by atoms with E-state index < -0.39 is 0 Å². The Balaban J connectivity index is 2.08. The standard InChI is InChI=1S/C15H24N2O3/c16-14(13-5-2-1-3-6-13)7-8-15(19)17-9-4-11-20-12-10-18/h1-3,5-6,14,18H,4,7-12,16H2,(H,17,19). The molecule has 1 unspecified atom stereocenters. The second-order valence-corrected chi connectivity index (χ2v) is 4.60. The molecule has 5 heteroatoms. The second kappa shape index (κ2) is 10.4. The lowest BCUT2D eigenvalue weighted by atomic mass is 10.0. The van der Waals surface area contributed by atoms with Crippen molar-refractivity contribution in [3.05, 3.63) is 35.9 Å². The van der Waals surface area contributed by atoms with Crippen molar-refractivity contribution in [2.24, 2.45) is 5.73 Å². The Morgan fingerprint density at radius 1 is 1.30 bits per heavy atom. The molecule has 0 spiro atoms. The number of ether oxygens (including phenoxy) is 1. The molecular weight excluding hydrogens is 256 g/mol. The third kappa shape index (κ3) is 7.23. The summed E-state index contributed by atoms with van der Waals surface area (Å²) in [7, 11) is 0. The molecule has 1 aromatic rings. The summed E-state index contributed by atoms with van der Waals surface area (Å²) >= 11 is 0. The highest BCUT2D eigenvalue weighted by Gasteiger charge is 2.08. The monoisotopic (exact) mass is 280 g/mol. The number of nitrogens with one attached hydrogen (secondary N) is 1. The Morgan fingerprint density at radius 3 is 2.75 bits per heavy atom. The predicted octanol–water partition coefficient (Wildman–Crippen LogP) is 0.982. The molecule has 0 saturated heterocycles. The molecule has 1 amide bonds. The first kappa shape index (κ1) is 16.6. The van der Waals surface area contributed by atoms with Gasteiger partial charge in [0, 0.05) is 25.6 Å². The second-order valence-electron chi connectivity index (χ2n) is 4.60. The van der Waals surface area contributed by atoms with Gasteiger partial charge in [-0.2, -0.15) is 0 Å². The minimum atomic E-state index is -0.102. The lowest BCUT2D eigenvalue weighted by molar-refractivity contribution is -0.121. The Bertz CT molecular complexity index is 371. The average molecular weight is 280 g/mol. The van der Waals surface area contributed by atoms with E-state index in [-0.39, 0.29) is 18.6 Å². The third-order valence-electron chi connectivity index (χ3n) is 2.93. The van der Waals surface area contributed by atoms with E-state index in [0.29, 0.717) is 32.6 Å². The van der Waals surface area contributed by atoms with E-state index in [4.69, 9.17) is 15.6 Å². The highest BCUT2D eigenvalue weighted by Crippen LogP contribution is 2.14. The summed E-state index contributed by atoms with van der Waals surface area (Å²) in [6.45, 7) is 1.51. The molecule has 0 aliphatic carbocycles. The molecule has 5 nitrogen and oxygen atoms in total. The summed E-state index contributed by atoms with van der Waals surface area (Å²) in [5, 5.41) is 11.3. The fourth-order valence-electron chi connectivity index (χ4n) is 1.81. The molecule has 0 aromatic heterocycles. The molecule has 0 radical (unpaired) electrons. The molecule has 1 rings (SSSR count). The number of nitrogens with two attached hydrogens (primary N) is 1. The molecule has 1 aromatic carbocycles. The van der Waals surface area contributed by atoms with Crippen LogP contribution in [0.25, 0.3) is 0 Å². The van der Waals surface area contributed by atoms with Crippen molar-refractivity contribution in [3.63, 3.8) is 0 Å². The average Bonchev–Trinajstić information content (AvgIpc) is 2.49. The van der Waals surface area contributed by atoms with Crippen molar-refractivity contribution in [2.75, 3.05) is 26.4 Å². The lowest BCUT2D eigenvalue weighted by Crippen LogP contribution is -2.26. The van der Waals surface area contributed by atoms with Crippen LogP contribution in [-0.4, -0.2) is 37.4 Å². The van der Waals surface area contributed by atoms with Gasteiger partial charge in [0.25, 0.3) is 0 Å². The van der Waals surface area contributed by atoms with E-state index in [1.807, 2.05) is 30.3 Å². The van der Waals surface area contributed by atoms with Gasteiger partial charge in [-0.15, -0.1) is 0 Å². The van der Waals surface area contributed by atoms with Crippen LogP contribution in [-0.2, 0) is 9.53 Å². The van der Waals surface area contributed by atoms with Gasteiger partial charge in [0.2, 0.25) is 5.91 Å². The lowest BCUT2D eigenvalue weighted by Gasteiger charge is -2.11. The zero-order valence-corrected chi connectivity index (χ0v) is 11.8. The van der Waals surface area contributed by atoms with Crippen LogP contribution in [0.3, 0.4) is 0 Å². The largest absolute Gasteiger partial charge is 0.394 e. The summed E-state index contributed by atoms with van der Waals surface area (Å²) in [5.74, 6) is 0.0125. The molecule has 0 aliphatic heterocycles. The quantitative estimate of drug-likeness (QED) is 0.558. The molecule has 0 aliphatic rings. The maximum absolute atomic E-state index is 11.6. The van der Waals surface area contributed by atoms with E-state index in [2.05, 4.69) is 5.32 Å². The topological polar surface area (TPSA) is 84.6 Å². The molecule has 4 N–H and O–H groups in total. The summed E-state index contributed by atoms with van der Waals surface area (Å²) in [4.78, 5) is 11.6. The number of carbonyl (C=O) groups excluding carboxylic acids is 1. The number of carbonyl (C=O) groups is 1. The van der Waals surface area contributed by atoms with Gasteiger partial charge < -0.3 is 20.9 Å². The van der Waals surface area contributed by atoms with Crippen LogP contribution in [0.2, 0.25) is 0 Å². The minimum Gasteiger partial charge on any atom is -0.394 e. The van der Waals surface area contributed by atoms with E-state index >= 15 is 0 Å². The van der Waals surface area contributed by atoms with Crippen LogP contribution in [0.15, 0.2) is 30.3 Å². The van der Waals surface area contributed by atoms with Gasteiger partial charge in [-0.05, 0) is 18.4 Å². The number of aliphatic hydroxyl groups excluding tert-OH is 1. The summed E-state index contributed by atoms with van der Waals surface area (Å²) in [5.41, 5.74) is 7.08. The summed E-state index contributed by atoms with van der Waals surface area (Å²) in [6.07, 6.45) is 1.81. The molecule has 0 fully saturated rings. The Hall–Kier alpha value is -1.43. The predicted molar refractivity (Wildman–Crippen MR) is 78.1 cm³/mol. The van der Waals surface area contributed by atoms with Crippen molar-refractivity contribution in [2.45, 2.75) is 25.3 Å². The Morgan fingerprint density at radius 2 is 2.05 bits per heavy atom. The Labute approximate surface area is 120 Å². The third-order valence-corrected chi connectivity index (χ3v) is 2.93. The van der Waals surface area contributed by atoms with Crippen LogP contribution < -0.4 is 11.1 Å². The number of rotatable bonds is 10. The zero-order valence-electron chi connectivity index (χ0n) is 11.8. The first-order valence-electron chi connectivity index (χ1n) is 7.00. The van der Waals surface area contributed by atoms with Crippen molar-refractivity contribution in [1.82, 2.24) is 5.32 Å². The number of hydrogen-bond acceptors (Lipinski definition) is 4. The van der Waals surface area contributed by atoms with Crippen molar-refractivity contribution in [1.29, 1.82) is 0 Å². The van der Waals surface area contributed by atoms with Crippen molar-refractivity contribution in [3.8, 4) is 0 Å². The van der Waals surface area contributed by atoms with Gasteiger partial charge in [-0.1, -0.05) is 30.3 Å². The minimum absolute atomic E-state index is 0.0125. The number of aliphatic hydroxyl groups is 1. The maximum Gasteiger partial charge on any atom is 0.220 e. The summed E-state index contributed by atoms with van der Waals surface area (Å²) in [6, 6.07) is 9.68. The fraction of sp³-hybridized carbons (Fsp3) is 0.533. The van der Waals surface area contributed by atoms with Crippen LogP contribution in [0.1, 0.15) is 30.9 Å². The van der Waals surface area contributed by atoms with Gasteiger partial charge in [-0.3, -0.25) is 4.79 Å². The maximum atomic E-state index is 11.6. The number of hydrogen-bond donors (Lipinski definition) is 3. The molecule has 112 valence electrons. The van der Waals surface area contributed by atoms with Gasteiger partial charge in [-0.25, -0.2) is 0 Å². The fourth-order valence-corrected chi connectivity index (χ4v) is 1.81. The highest BCUT2D eigenvalue weighted by molar-refractivity contribution is 5.75. The van der Waals surface area contributed by atoms with Gasteiger partial charge in [0.1, 0.15) is 0 Å². The van der Waals surface area contributed by atoms with Crippen LogP contribution in [0, 0.1) is 0 Å². The molecule has 0 saturated carbocycles. The van der Waals surface area contributed by atoms with Crippen molar-refractivity contribution < 1.29 is 14.6 Å². The first-order valence-corrected chi connectivity index (χ1v) is 7.00. The normalized spacial score (nSPS) is 12.1. The van der Waals surface area contributed by atoms with E-state index in [9.17, 15) is 4.79 Å². The zero-order chi connectivity index (χ0) is 14.6. The van der Waals surface area contributed by atoms with E-state index in [0.717, 1.165) is 12.0 Å². The SMILES string of the molecule is NC(CCC(=O)NCCCOCCO)c1ccccc1. The first-order chi connectivity index (χ1) is 9.74. The molecule has 20 heavy (non-hydrogen) atoms. The Kier molecular flexibility index (Phi) is 8.62. The van der Waals surface area contributed by atoms with Crippen molar-refractivity contribution >= 4 is 5.91 Å². The highest BCUT2D eigenvalue weighted by atomic mass is 16.5. The smallest absolute Gasteiger partial charge is 0.220 e. The molecule has 0 heterocycles. The number of benzene rings is 1. The molecule has 0 bridgehead atoms. The molecular formula is C15H24N2O3. The summed E-state index contributed by atoms with van der Waals surface area (Å²) < 4.78 is 5.10. The van der Waals surface area contributed by atoms with Crippen LogP contribution >= 0.6 is 0 Å².